The SMILES string of the molecule is CN=C(NCCc1cn2ccccc2n1)N1CCC(COCc2ccccc2)C1. The number of likely N-dealkylation sites (tertiary alicyclic amines) is 1. The normalized spacial score (nSPS) is 17.2. The highest BCUT2D eigenvalue weighted by Gasteiger charge is 2.24. The van der Waals surface area contributed by atoms with Gasteiger partial charge in [-0.05, 0) is 24.1 Å². The molecule has 0 radical (unpaired) electrons. The first kappa shape index (κ1) is 19.5. The standard InChI is InChI=1S/C23H29N5O/c1-24-23(25-12-10-21-16-27-13-6-5-9-22(27)26-21)28-14-11-20(15-28)18-29-17-19-7-3-2-4-8-19/h2-9,13,16,20H,10-12,14-15,17-18H2,1H3,(H,24,25). The summed E-state index contributed by atoms with van der Waals surface area (Å²) in [7, 11) is 1.85. The molecule has 152 valence electrons. The van der Waals surface area contributed by atoms with Crippen LogP contribution in [0.25, 0.3) is 5.65 Å². The maximum absolute atomic E-state index is 5.94. The number of benzene rings is 1. The summed E-state index contributed by atoms with van der Waals surface area (Å²) < 4.78 is 8.00. The second-order valence-electron chi connectivity index (χ2n) is 7.52. The van der Waals surface area contributed by atoms with Crippen LogP contribution in [0.2, 0.25) is 0 Å². The molecule has 0 saturated carbocycles. The van der Waals surface area contributed by atoms with Crippen LogP contribution in [-0.4, -0.2) is 53.5 Å². The summed E-state index contributed by atoms with van der Waals surface area (Å²) in [6, 6.07) is 16.4. The van der Waals surface area contributed by atoms with Gasteiger partial charge in [-0.25, -0.2) is 4.98 Å². The lowest BCUT2D eigenvalue weighted by molar-refractivity contribution is 0.0907. The average Bonchev–Trinajstić information content (AvgIpc) is 3.39. The topological polar surface area (TPSA) is 54.2 Å². The Morgan fingerprint density at radius 3 is 2.90 bits per heavy atom. The highest BCUT2D eigenvalue weighted by atomic mass is 16.5. The molecule has 0 spiro atoms. The lowest BCUT2D eigenvalue weighted by Crippen LogP contribution is -2.41. The third kappa shape index (κ3) is 5.15. The molecule has 29 heavy (non-hydrogen) atoms. The number of nitrogens with zero attached hydrogens (tertiary/aromatic N) is 4. The van der Waals surface area contributed by atoms with Crippen molar-refractivity contribution in [2.75, 3.05) is 33.3 Å². The molecule has 3 heterocycles. The van der Waals surface area contributed by atoms with Crippen molar-refractivity contribution >= 4 is 11.6 Å². The Morgan fingerprint density at radius 1 is 1.21 bits per heavy atom. The van der Waals surface area contributed by atoms with E-state index < -0.39 is 0 Å². The molecule has 1 N–H and O–H groups in total. The van der Waals surface area contributed by atoms with E-state index in [9.17, 15) is 0 Å². The molecule has 0 aliphatic carbocycles. The van der Waals surface area contributed by atoms with Gasteiger partial charge in [0.15, 0.2) is 5.96 Å². The minimum absolute atomic E-state index is 0.552. The van der Waals surface area contributed by atoms with Crippen LogP contribution in [0.3, 0.4) is 0 Å². The number of rotatable bonds is 7. The maximum Gasteiger partial charge on any atom is 0.193 e. The molecular formula is C23H29N5O. The fourth-order valence-electron chi connectivity index (χ4n) is 3.82. The summed E-state index contributed by atoms with van der Waals surface area (Å²) in [6.07, 6.45) is 6.14. The van der Waals surface area contributed by atoms with Crippen molar-refractivity contribution < 1.29 is 4.74 Å². The summed E-state index contributed by atoms with van der Waals surface area (Å²) in [6.45, 7) is 4.31. The first-order valence-corrected chi connectivity index (χ1v) is 10.3. The smallest absolute Gasteiger partial charge is 0.193 e. The van der Waals surface area contributed by atoms with Crippen molar-refractivity contribution in [1.82, 2.24) is 19.6 Å². The summed E-state index contributed by atoms with van der Waals surface area (Å²) in [5, 5.41) is 3.49. The Labute approximate surface area is 172 Å². The van der Waals surface area contributed by atoms with Crippen LogP contribution in [0.5, 0.6) is 0 Å². The lowest BCUT2D eigenvalue weighted by Gasteiger charge is -2.21. The van der Waals surface area contributed by atoms with Gasteiger partial charge in [-0.1, -0.05) is 36.4 Å². The summed E-state index contributed by atoms with van der Waals surface area (Å²) in [5.41, 5.74) is 3.31. The van der Waals surface area contributed by atoms with Crippen LogP contribution in [0.15, 0.2) is 65.9 Å². The van der Waals surface area contributed by atoms with Crippen molar-refractivity contribution in [1.29, 1.82) is 0 Å². The zero-order valence-electron chi connectivity index (χ0n) is 17.0. The second-order valence-corrected chi connectivity index (χ2v) is 7.52. The number of imidazole rings is 1. The third-order valence-electron chi connectivity index (χ3n) is 5.34. The van der Waals surface area contributed by atoms with E-state index in [2.05, 4.69) is 55.1 Å². The first-order valence-electron chi connectivity index (χ1n) is 10.3. The molecule has 0 amide bonds. The van der Waals surface area contributed by atoms with Crippen LogP contribution in [0.4, 0.5) is 0 Å². The van der Waals surface area contributed by atoms with Gasteiger partial charge in [-0.3, -0.25) is 4.99 Å². The number of hydrogen-bond donors (Lipinski definition) is 1. The van der Waals surface area contributed by atoms with Gasteiger partial charge in [0.1, 0.15) is 5.65 Å². The zero-order valence-corrected chi connectivity index (χ0v) is 17.0. The number of nitrogens with one attached hydrogen (secondary N) is 1. The van der Waals surface area contributed by atoms with Gasteiger partial charge in [0.05, 0.1) is 18.9 Å². The van der Waals surface area contributed by atoms with E-state index in [4.69, 9.17) is 4.74 Å². The molecule has 6 nitrogen and oxygen atoms in total. The van der Waals surface area contributed by atoms with E-state index in [1.165, 1.54) is 5.56 Å². The quantitative estimate of drug-likeness (QED) is 0.497. The van der Waals surface area contributed by atoms with E-state index >= 15 is 0 Å². The van der Waals surface area contributed by atoms with Crippen molar-refractivity contribution in [2.45, 2.75) is 19.4 Å². The second kappa shape index (κ2) is 9.56. The predicted octanol–water partition coefficient (Wildman–Crippen LogP) is 2.99. The monoisotopic (exact) mass is 391 g/mol. The number of aromatic nitrogens is 2. The molecule has 3 aromatic rings. The van der Waals surface area contributed by atoms with Gasteiger partial charge in [-0.15, -0.1) is 0 Å². The largest absolute Gasteiger partial charge is 0.376 e. The number of fused-ring (bicyclic) bond motifs is 1. The van der Waals surface area contributed by atoms with Gasteiger partial charge in [0.25, 0.3) is 0 Å². The highest BCUT2D eigenvalue weighted by Crippen LogP contribution is 2.17. The number of guanidine groups is 1. The van der Waals surface area contributed by atoms with Crippen LogP contribution in [0, 0.1) is 5.92 Å². The molecule has 6 heteroatoms. The van der Waals surface area contributed by atoms with Crippen LogP contribution < -0.4 is 5.32 Å². The van der Waals surface area contributed by atoms with Gasteiger partial charge in [0.2, 0.25) is 0 Å². The molecular weight excluding hydrogens is 362 g/mol. The van der Waals surface area contributed by atoms with E-state index in [1.54, 1.807) is 0 Å². The molecule has 1 atom stereocenters. The summed E-state index contributed by atoms with van der Waals surface area (Å²) >= 11 is 0. The van der Waals surface area contributed by atoms with Crippen LogP contribution >= 0.6 is 0 Å². The molecule has 1 fully saturated rings. The number of ether oxygens (including phenoxy) is 1. The Balaban J connectivity index is 1.20. The Hall–Kier alpha value is -2.86. The highest BCUT2D eigenvalue weighted by molar-refractivity contribution is 5.80. The molecule has 2 aromatic heterocycles. The molecule has 1 saturated heterocycles. The van der Waals surface area contributed by atoms with Crippen LogP contribution in [0.1, 0.15) is 17.7 Å². The Kier molecular flexibility index (Phi) is 6.42. The molecule has 1 aromatic carbocycles. The van der Waals surface area contributed by atoms with Gasteiger partial charge in [0, 0.05) is 51.4 Å². The molecule has 0 bridgehead atoms. The van der Waals surface area contributed by atoms with Crippen LogP contribution in [-0.2, 0) is 17.8 Å². The van der Waals surface area contributed by atoms with Gasteiger partial charge in [-0.2, -0.15) is 0 Å². The van der Waals surface area contributed by atoms with E-state index in [-0.39, 0.29) is 0 Å². The predicted molar refractivity (Wildman–Crippen MR) is 116 cm³/mol. The molecule has 1 aliphatic heterocycles. The van der Waals surface area contributed by atoms with E-state index in [1.807, 2.05) is 37.5 Å². The molecule has 4 rings (SSSR count). The Morgan fingerprint density at radius 2 is 2.07 bits per heavy atom. The summed E-state index contributed by atoms with van der Waals surface area (Å²) in [4.78, 5) is 11.5. The molecule has 1 aliphatic rings. The van der Waals surface area contributed by atoms with E-state index in [0.717, 1.165) is 56.4 Å². The fraction of sp³-hybridized carbons (Fsp3) is 0.391. The zero-order chi connectivity index (χ0) is 19.9. The van der Waals surface area contributed by atoms with Gasteiger partial charge < -0.3 is 19.4 Å². The Bertz CT molecular complexity index is 904. The van der Waals surface area contributed by atoms with Crippen molar-refractivity contribution in [3.05, 3.63) is 72.2 Å². The molecule has 1 unspecified atom stereocenters. The lowest BCUT2D eigenvalue weighted by atomic mass is 10.1. The number of pyridine rings is 1. The minimum Gasteiger partial charge on any atom is -0.376 e. The minimum atomic E-state index is 0.552. The summed E-state index contributed by atoms with van der Waals surface area (Å²) in [5.74, 6) is 1.52. The van der Waals surface area contributed by atoms with Gasteiger partial charge >= 0.3 is 0 Å². The van der Waals surface area contributed by atoms with E-state index in [0.29, 0.717) is 12.5 Å². The first-order chi connectivity index (χ1) is 14.3. The van der Waals surface area contributed by atoms with Crippen molar-refractivity contribution in [3.8, 4) is 0 Å². The third-order valence-corrected chi connectivity index (χ3v) is 5.34. The number of aliphatic imine (C=N–C) groups is 1. The fourth-order valence-corrected chi connectivity index (χ4v) is 3.82. The average molecular weight is 392 g/mol. The number of hydrogen-bond acceptors (Lipinski definition) is 3. The van der Waals surface area contributed by atoms with Crippen molar-refractivity contribution in [2.24, 2.45) is 10.9 Å². The maximum atomic E-state index is 5.94. The van der Waals surface area contributed by atoms with Crippen molar-refractivity contribution in [3.63, 3.8) is 0 Å².